The van der Waals surface area contributed by atoms with Gasteiger partial charge >= 0.3 is 11.9 Å². The first-order chi connectivity index (χ1) is 7.84. The van der Waals surface area contributed by atoms with Crippen molar-refractivity contribution in [3.05, 3.63) is 34.3 Å². The number of aliphatic hydroxyl groups excluding tert-OH is 2. The minimum absolute atomic E-state index is 0.128. The first-order valence-corrected chi connectivity index (χ1v) is 4.84. The molecule has 0 fully saturated rings. The second-order valence-corrected chi connectivity index (χ2v) is 3.70. The van der Waals surface area contributed by atoms with E-state index in [1.165, 1.54) is 6.07 Å². The van der Waals surface area contributed by atoms with Crippen LogP contribution in [0.1, 0.15) is 22.0 Å². The number of aliphatic carboxylic acids is 1. The lowest BCUT2D eigenvalue weighted by Crippen LogP contribution is -2.28. The zero-order valence-electron chi connectivity index (χ0n) is 8.37. The van der Waals surface area contributed by atoms with E-state index in [-0.39, 0.29) is 16.1 Å². The normalized spacial score (nSPS) is 14.1. The summed E-state index contributed by atoms with van der Waals surface area (Å²) in [6, 6.07) is 3.51. The molecule has 6 nitrogen and oxygen atoms in total. The second kappa shape index (κ2) is 5.13. The molecule has 1 rings (SSSR count). The molecule has 0 aliphatic rings. The zero-order chi connectivity index (χ0) is 13.2. The lowest BCUT2D eigenvalue weighted by molar-refractivity contribution is -0.153. The maximum Gasteiger partial charge on any atom is 0.336 e. The van der Waals surface area contributed by atoms with Gasteiger partial charge in [0.25, 0.3) is 0 Å². The smallest absolute Gasteiger partial charge is 0.336 e. The van der Waals surface area contributed by atoms with E-state index < -0.39 is 24.1 Å². The third-order valence-electron chi connectivity index (χ3n) is 2.12. The maximum atomic E-state index is 10.9. The summed E-state index contributed by atoms with van der Waals surface area (Å²) >= 11 is 5.58. The van der Waals surface area contributed by atoms with Crippen LogP contribution in [0.2, 0.25) is 5.02 Å². The van der Waals surface area contributed by atoms with Crippen LogP contribution in [0.15, 0.2) is 18.2 Å². The van der Waals surface area contributed by atoms with Gasteiger partial charge in [-0.25, -0.2) is 9.59 Å². The number of benzene rings is 1. The van der Waals surface area contributed by atoms with Crippen LogP contribution in [0.3, 0.4) is 0 Å². The van der Waals surface area contributed by atoms with E-state index in [0.29, 0.717) is 0 Å². The van der Waals surface area contributed by atoms with Crippen molar-refractivity contribution in [1.82, 2.24) is 0 Å². The molecule has 1 aromatic rings. The van der Waals surface area contributed by atoms with Gasteiger partial charge in [0, 0.05) is 5.02 Å². The molecule has 0 aromatic heterocycles. The molecule has 2 unspecified atom stereocenters. The number of rotatable bonds is 4. The Hall–Kier alpha value is -1.63. The van der Waals surface area contributed by atoms with Gasteiger partial charge in [-0.15, -0.1) is 0 Å². The molecule has 0 aliphatic heterocycles. The van der Waals surface area contributed by atoms with Crippen molar-refractivity contribution in [1.29, 1.82) is 0 Å². The SMILES string of the molecule is O=C(O)c1cc(Cl)ccc1C(O)C(O)C(=O)O. The Kier molecular flexibility index (Phi) is 4.06. The lowest BCUT2D eigenvalue weighted by atomic mass is 9.98. The van der Waals surface area contributed by atoms with E-state index in [9.17, 15) is 14.7 Å². The van der Waals surface area contributed by atoms with E-state index in [1.54, 1.807) is 0 Å². The molecule has 92 valence electrons. The maximum absolute atomic E-state index is 10.9. The summed E-state index contributed by atoms with van der Waals surface area (Å²) in [4.78, 5) is 21.4. The van der Waals surface area contributed by atoms with Crippen LogP contribution < -0.4 is 0 Å². The van der Waals surface area contributed by atoms with Crippen LogP contribution in [0.5, 0.6) is 0 Å². The van der Waals surface area contributed by atoms with E-state index >= 15 is 0 Å². The summed E-state index contributed by atoms with van der Waals surface area (Å²) in [5.41, 5.74) is -0.567. The Balaban J connectivity index is 3.21. The highest BCUT2D eigenvalue weighted by molar-refractivity contribution is 6.31. The van der Waals surface area contributed by atoms with Crippen molar-refractivity contribution in [2.45, 2.75) is 12.2 Å². The van der Waals surface area contributed by atoms with Crippen molar-refractivity contribution >= 4 is 23.5 Å². The molecule has 0 bridgehead atoms. The third kappa shape index (κ3) is 2.94. The van der Waals surface area contributed by atoms with Crippen LogP contribution >= 0.6 is 11.6 Å². The molecule has 0 saturated heterocycles. The van der Waals surface area contributed by atoms with Crippen LogP contribution in [-0.4, -0.2) is 38.5 Å². The summed E-state index contributed by atoms with van der Waals surface area (Å²) < 4.78 is 0. The average molecular weight is 261 g/mol. The highest BCUT2D eigenvalue weighted by Gasteiger charge is 2.28. The van der Waals surface area contributed by atoms with Crippen LogP contribution in [0, 0.1) is 0 Å². The van der Waals surface area contributed by atoms with E-state index in [2.05, 4.69) is 0 Å². The van der Waals surface area contributed by atoms with Gasteiger partial charge in [0.2, 0.25) is 0 Å². The number of hydrogen-bond donors (Lipinski definition) is 4. The summed E-state index contributed by atoms with van der Waals surface area (Å²) in [6.45, 7) is 0. The van der Waals surface area contributed by atoms with E-state index in [4.69, 9.17) is 26.9 Å². The molecular weight excluding hydrogens is 252 g/mol. The van der Waals surface area contributed by atoms with E-state index in [1.807, 2.05) is 0 Å². The lowest BCUT2D eigenvalue weighted by Gasteiger charge is -2.16. The van der Waals surface area contributed by atoms with Crippen molar-refractivity contribution in [2.75, 3.05) is 0 Å². The Morgan fingerprint density at radius 2 is 1.76 bits per heavy atom. The second-order valence-electron chi connectivity index (χ2n) is 3.26. The van der Waals surface area contributed by atoms with Crippen molar-refractivity contribution < 1.29 is 30.0 Å². The molecule has 0 heterocycles. The van der Waals surface area contributed by atoms with Crippen molar-refractivity contribution in [2.24, 2.45) is 0 Å². The topological polar surface area (TPSA) is 115 Å². The van der Waals surface area contributed by atoms with Gasteiger partial charge in [-0.05, 0) is 17.7 Å². The number of aliphatic hydroxyl groups is 2. The summed E-state index contributed by atoms with van der Waals surface area (Å²) in [5.74, 6) is -3.03. The first-order valence-electron chi connectivity index (χ1n) is 4.46. The third-order valence-corrected chi connectivity index (χ3v) is 2.35. The standard InChI is InChI=1S/C10H9ClO6/c11-4-1-2-5(6(3-4)9(14)15)7(12)8(13)10(16)17/h1-3,7-8,12-13H,(H,14,15)(H,16,17). The molecule has 17 heavy (non-hydrogen) atoms. The Morgan fingerprint density at radius 3 is 2.24 bits per heavy atom. The number of aromatic carboxylic acids is 1. The summed E-state index contributed by atoms with van der Waals surface area (Å²) in [6.07, 6.45) is -3.94. The van der Waals surface area contributed by atoms with Crippen molar-refractivity contribution in [3.63, 3.8) is 0 Å². The molecule has 0 aliphatic carbocycles. The number of hydrogen-bond acceptors (Lipinski definition) is 4. The molecule has 4 N–H and O–H groups in total. The Labute approximate surface area is 101 Å². The quantitative estimate of drug-likeness (QED) is 0.627. The summed E-state index contributed by atoms with van der Waals surface area (Å²) in [7, 11) is 0. The van der Waals surface area contributed by atoms with Crippen LogP contribution in [0.25, 0.3) is 0 Å². The van der Waals surface area contributed by atoms with Crippen LogP contribution in [-0.2, 0) is 4.79 Å². The number of carboxylic acids is 2. The van der Waals surface area contributed by atoms with Gasteiger partial charge in [-0.3, -0.25) is 0 Å². The predicted octanol–water partition coefficient (Wildman–Crippen LogP) is 0.517. The Bertz CT molecular complexity index is 458. The van der Waals surface area contributed by atoms with E-state index in [0.717, 1.165) is 12.1 Å². The summed E-state index contributed by atoms with van der Waals surface area (Å²) in [5, 5.41) is 36.2. The molecule has 0 spiro atoms. The van der Waals surface area contributed by atoms with Gasteiger partial charge in [0.1, 0.15) is 6.10 Å². The van der Waals surface area contributed by atoms with Crippen molar-refractivity contribution in [3.8, 4) is 0 Å². The number of halogens is 1. The highest BCUT2D eigenvalue weighted by atomic mass is 35.5. The van der Waals surface area contributed by atoms with Crippen LogP contribution in [0.4, 0.5) is 0 Å². The molecule has 0 saturated carbocycles. The van der Waals surface area contributed by atoms with Gasteiger partial charge in [-0.1, -0.05) is 17.7 Å². The highest BCUT2D eigenvalue weighted by Crippen LogP contribution is 2.24. The van der Waals surface area contributed by atoms with Gasteiger partial charge in [0.05, 0.1) is 5.56 Å². The fraction of sp³-hybridized carbons (Fsp3) is 0.200. The molecule has 0 radical (unpaired) electrons. The first kappa shape index (κ1) is 13.4. The molecule has 0 amide bonds. The zero-order valence-corrected chi connectivity index (χ0v) is 9.13. The number of carboxylic acid groups (broad SMARTS) is 2. The van der Waals surface area contributed by atoms with Gasteiger partial charge in [-0.2, -0.15) is 0 Å². The molecule has 2 atom stereocenters. The monoisotopic (exact) mass is 260 g/mol. The molecule has 7 heteroatoms. The van der Waals surface area contributed by atoms with Gasteiger partial charge in [0.15, 0.2) is 6.10 Å². The Morgan fingerprint density at radius 1 is 1.18 bits per heavy atom. The fourth-order valence-corrected chi connectivity index (χ4v) is 1.45. The largest absolute Gasteiger partial charge is 0.479 e. The minimum atomic E-state index is -2.10. The molecular formula is C10H9ClO6. The predicted molar refractivity (Wildman–Crippen MR) is 57.0 cm³/mol. The van der Waals surface area contributed by atoms with Gasteiger partial charge < -0.3 is 20.4 Å². The minimum Gasteiger partial charge on any atom is -0.479 e. The molecule has 1 aromatic carbocycles. The number of carbonyl (C=O) groups is 2. The average Bonchev–Trinajstić information content (AvgIpc) is 2.26. The fourth-order valence-electron chi connectivity index (χ4n) is 1.28.